The fourth-order valence-electron chi connectivity index (χ4n) is 3.62. The van der Waals surface area contributed by atoms with Crippen molar-refractivity contribution in [3.63, 3.8) is 0 Å². The summed E-state index contributed by atoms with van der Waals surface area (Å²) in [5.74, 6) is 0.280. The Labute approximate surface area is 111 Å². The van der Waals surface area contributed by atoms with Crippen molar-refractivity contribution in [3.8, 4) is 0 Å². The van der Waals surface area contributed by atoms with E-state index in [4.69, 9.17) is 14.2 Å². The van der Waals surface area contributed by atoms with Crippen LogP contribution in [0.15, 0.2) is 12.2 Å². The van der Waals surface area contributed by atoms with Gasteiger partial charge in [0.1, 0.15) is 6.10 Å². The number of ether oxygens (including phenoxy) is 3. The van der Waals surface area contributed by atoms with Crippen LogP contribution in [0.5, 0.6) is 0 Å². The van der Waals surface area contributed by atoms with Gasteiger partial charge in [-0.2, -0.15) is 0 Å². The molecule has 5 nitrogen and oxygen atoms in total. The van der Waals surface area contributed by atoms with Gasteiger partial charge in [0.25, 0.3) is 0 Å². The molecule has 3 rings (SSSR count). The van der Waals surface area contributed by atoms with Gasteiger partial charge in [-0.25, -0.2) is 4.79 Å². The van der Waals surface area contributed by atoms with Gasteiger partial charge in [0.05, 0.1) is 30.8 Å². The van der Waals surface area contributed by atoms with Crippen molar-refractivity contribution in [2.75, 3.05) is 13.2 Å². The number of hydrogen-bond donors (Lipinski definition) is 0. The molecule has 1 heterocycles. The first-order valence-electron chi connectivity index (χ1n) is 6.78. The Hall–Kier alpha value is -1.36. The topological polar surface area (TPSA) is 61.8 Å². The summed E-state index contributed by atoms with van der Waals surface area (Å²) in [5, 5.41) is 0. The number of carbonyl (C=O) groups is 2. The van der Waals surface area contributed by atoms with Crippen LogP contribution in [0.25, 0.3) is 0 Å². The summed E-state index contributed by atoms with van der Waals surface area (Å²) in [4.78, 5) is 23.0. The maximum atomic E-state index is 11.6. The molecule has 2 saturated carbocycles. The first-order valence-corrected chi connectivity index (χ1v) is 6.78. The normalized spacial score (nSPS) is 38.4. The molecule has 1 aliphatic heterocycles. The van der Waals surface area contributed by atoms with E-state index < -0.39 is 5.97 Å². The van der Waals surface area contributed by atoms with E-state index in [0.29, 0.717) is 24.0 Å². The van der Waals surface area contributed by atoms with E-state index in [0.717, 1.165) is 12.8 Å². The zero-order valence-electron chi connectivity index (χ0n) is 11.0. The predicted octanol–water partition coefficient (Wildman–Crippen LogP) is 1.07. The first kappa shape index (κ1) is 12.7. The van der Waals surface area contributed by atoms with Gasteiger partial charge < -0.3 is 14.2 Å². The molecule has 2 bridgehead atoms. The Morgan fingerprint density at radius 2 is 2.26 bits per heavy atom. The lowest BCUT2D eigenvalue weighted by Gasteiger charge is -2.25. The highest BCUT2D eigenvalue weighted by Gasteiger charge is 2.62. The lowest BCUT2D eigenvalue weighted by Crippen LogP contribution is -2.35. The van der Waals surface area contributed by atoms with E-state index in [1.165, 1.54) is 0 Å². The average Bonchev–Trinajstić information content (AvgIpc) is 2.99. The second-order valence-electron chi connectivity index (χ2n) is 5.50. The summed E-state index contributed by atoms with van der Waals surface area (Å²) in [5.41, 5.74) is 0.311. The highest BCUT2D eigenvalue weighted by molar-refractivity contribution is 5.87. The molecule has 104 valence electrons. The zero-order valence-corrected chi connectivity index (χ0v) is 11.0. The minimum Gasteiger partial charge on any atom is -0.463 e. The minimum atomic E-state index is -0.424. The van der Waals surface area contributed by atoms with Crippen molar-refractivity contribution in [1.29, 1.82) is 0 Å². The molecule has 5 unspecified atom stereocenters. The molecule has 5 atom stereocenters. The molecule has 0 aromatic heterocycles. The summed E-state index contributed by atoms with van der Waals surface area (Å²) in [6.07, 6.45) is 1.65. The van der Waals surface area contributed by atoms with Crippen LogP contribution in [-0.4, -0.2) is 37.4 Å². The molecule has 0 spiro atoms. The summed E-state index contributed by atoms with van der Waals surface area (Å²) in [7, 11) is 0. The highest BCUT2D eigenvalue weighted by Crippen LogP contribution is 2.55. The number of carbonyl (C=O) groups excluding carboxylic acids is 2. The molecule has 0 aromatic carbocycles. The maximum Gasteiger partial charge on any atom is 0.335 e. The molecule has 3 aliphatic rings. The molecule has 1 saturated heterocycles. The molecule has 3 fully saturated rings. The largest absolute Gasteiger partial charge is 0.463 e. The van der Waals surface area contributed by atoms with E-state index in [9.17, 15) is 9.59 Å². The van der Waals surface area contributed by atoms with E-state index >= 15 is 0 Å². The Kier molecular flexibility index (Phi) is 3.09. The van der Waals surface area contributed by atoms with Crippen molar-refractivity contribution < 1.29 is 23.8 Å². The molecule has 0 radical (unpaired) electrons. The summed E-state index contributed by atoms with van der Waals surface area (Å²) >= 11 is 0. The number of esters is 2. The van der Waals surface area contributed by atoms with Gasteiger partial charge in [0, 0.05) is 5.92 Å². The molecule has 0 N–H and O–H groups in total. The monoisotopic (exact) mass is 266 g/mol. The quantitative estimate of drug-likeness (QED) is 0.550. The molecule has 2 aliphatic carbocycles. The SMILES string of the molecule is C=C(COC1C2CC3C(=O)OC1C3C2)C(=O)OCC. The summed E-state index contributed by atoms with van der Waals surface area (Å²) < 4.78 is 16.0. The van der Waals surface area contributed by atoms with Crippen molar-refractivity contribution in [2.45, 2.75) is 32.0 Å². The van der Waals surface area contributed by atoms with Gasteiger partial charge in [-0.3, -0.25) is 4.79 Å². The molecule has 0 aromatic rings. The van der Waals surface area contributed by atoms with E-state index in [1.54, 1.807) is 6.92 Å². The lowest BCUT2D eigenvalue weighted by atomic mass is 9.88. The maximum absolute atomic E-state index is 11.6. The second kappa shape index (κ2) is 4.63. The fourth-order valence-corrected chi connectivity index (χ4v) is 3.62. The van der Waals surface area contributed by atoms with Crippen LogP contribution < -0.4 is 0 Å². The Morgan fingerprint density at radius 1 is 1.47 bits per heavy atom. The van der Waals surface area contributed by atoms with Gasteiger partial charge in [0.15, 0.2) is 0 Å². The van der Waals surface area contributed by atoms with Crippen LogP contribution in [0.2, 0.25) is 0 Å². The lowest BCUT2D eigenvalue weighted by molar-refractivity contribution is -0.148. The van der Waals surface area contributed by atoms with Crippen molar-refractivity contribution in [1.82, 2.24) is 0 Å². The average molecular weight is 266 g/mol. The molecular formula is C14H18O5. The van der Waals surface area contributed by atoms with Gasteiger partial charge in [-0.15, -0.1) is 0 Å². The van der Waals surface area contributed by atoms with Crippen LogP contribution in [0.1, 0.15) is 19.8 Å². The number of hydrogen-bond acceptors (Lipinski definition) is 5. The van der Waals surface area contributed by atoms with Crippen molar-refractivity contribution in [2.24, 2.45) is 17.8 Å². The summed E-state index contributed by atoms with van der Waals surface area (Å²) in [6.45, 7) is 5.89. The van der Waals surface area contributed by atoms with E-state index in [1.807, 2.05) is 0 Å². The zero-order chi connectivity index (χ0) is 13.6. The standard InChI is InChI=1S/C14H18O5/c1-3-17-13(15)7(2)6-18-11-8-4-9-10(5-8)14(16)19-12(9)11/h8-12H,2-6H2,1H3. The summed E-state index contributed by atoms with van der Waals surface area (Å²) in [6, 6.07) is 0. The second-order valence-corrected chi connectivity index (χ2v) is 5.50. The van der Waals surface area contributed by atoms with Crippen molar-refractivity contribution >= 4 is 11.9 Å². The third-order valence-electron chi connectivity index (χ3n) is 4.43. The van der Waals surface area contributed by atoms with Crippen LogP contribution in [0, 0.1) is 17.8 Å². The number of fused-ring (bicyclic) bond motifs is 1. The van der Waals surface area contributed by atoms with Crippen molar-refractivity contribution in [3.05, 3.63) is 12.2 Å². The predicted molar refractivity (Wildman–Crippen MR) is 65.1 cm³/mol. The van der Waals surface area contributed by atoms with Gasteiger partial charge in [-0.1, -0.05) is 6.58 Å². The fraction of sp³-hybridized carbons (Fsp3) is 0.714. The smallest absolute Gasteiger partial charge is 0.335 e. The number of rotatable bonds is 5. The Morgan fingerprint density at radius 3 is 3.00 bits per heavy atom. The molecular weight excluding hydrogens is 248 g/mol. The van der Waals surface area contributed by atoms with Crippen LogP contribution in [0.4, 0.5) is 0 Å². The molecule has 19 heavy (non-hydrogen) atoms. The van der Waals surface area contributed by atoms with Gasteiger partial charge in [-0.05, 0) is 25.7 Å². The Balaban J connectivity index is 1.56. The molecule has 5 heteroatoms. The van der Waals surface area contributed by atoms with E-state index in [-0.39, 0.29) is 30.7 Å². The highest BCUT2D eigenvalue weighted by atomic mass is 16.6. The third kappa shape index (κ3) is 1.96. The van der Waals surface area contributed by atoms with Crippen LogP contribution >= 0.6 is 0 Å². The third-order valence-corrected chi connectivity index (χ3v) is 4.43. The van der Waals surface area contributed by atoms with Crippen LogP contribution in [-0.2, 0) is 23.8 Å². The first-order chi connectivity index (χ1) is 9.11. The van der Waals surface area contributed by atoms with Gasteiger partial charge in [0.2, 0.25) is 0 Å². The van der Waals surface area contributed by atoms with E-state index in [2.05, 4.69) is 6.58 Å². The van der Waals surface area contributed by atoms with Crippen LogP contribution in [0.3, 0.4) is 0 Å². The van der Waals surface area contributed by atoms with Gasteiger partial charge >= 0.3 is 11.9 Å². The minimum absolute atomic E-state index is 0.0761. The molecule has 0 amide bonds. The Bertz CT molecular complexity index is 430.